The first-order chi connectivity index (χ1) is 8.49. The Labute approximate surface area is 112 Å². The van der Waals surface area contributed by atoms with Crippen LogP contribution < -0.4 is 4.74 Å². The van der Waals surface area contributed by atoms with Crippen molar-refractivity contribution in [2.45, 2.75) is 52.9 Å². The molecule has 0 N–H and O–H groups in total. The van der Waals surface area contributed by atoms with Gasteiger partial charge in [0.05, 0.1) is 6.61 Å². The highest BCUT2D eigenvalue weighted by molar-refractivity contribution is 5.41. The molecule has 0 saturated heterocycles. The van der Waals surface area contributed by atoms with E-state index in [2.05, 4.69) is 50.8 Å². The van der Waals surface area contributed by atoms with Gasteiger partial charge in [0.2, 0.25) is 0 Å². The van der Waals surface area contributed by atoms with Gasteiger partial charge in [-0.15, -0.1) is 11.8 Å². The number of hydrogen-bond acceptors (Lipinski definition) is 1. The molecule has 0 atom stereocenters. The van der Waals surface area contributed by atoms with E-state index < -0.39 is 0 Å². The van der Waals surface area contributed by atoms with Crippen LogP contribution >= 0.6 is 0 Å². The van der Waals surface area contributed by atoms with Crippen LogP contribution in [-0.2, 0) is 11.8 Å². The number of hydrogen-bond donors (Lipinski definition) is 0. The third-order valence-electron chi connectivity index (χ3n) is 2.87. The largest absolute Gasteiger partial charge is 0.494 e. The van der Waals surface area contributed by atoms with Crippen molar-refractivity contribution in [3.8, 4) is 17.6 Å². The third kappa shape index (κ3) is 4.11. The Balaban J connectivity index is 3.00. The molecule has 98 valence electrons. The molecule has 0 saturated carbocycles. The second-order valence-corrected chi connectivity index (χ2v) is 5.44. The fourth-order valence-electron chi connectivity index (χ4n) is 1.93. The minimum absolute atomic E-state index is 0.108. The molecule has 18 heavy (non-hydrogen) atoms. The van der Waals surface area contributed by atoms with Crippen LogP contribution in [0.1, 0.15) is 52.2 Å². The van der Waals surface area contributed by atoms with Crippen LogP contribution in [-0.4, -0.2) is 6.61 Å². The molecule has 1 aromatic rings. The van der Waals surface area contributed by atoms with Gasteiger partial charge in [0.25, 0.3) is 0 Å². The van der Waals surface area contributed by atoms with E-state index >= 15 is 0 Å². The average Bonchev–Trinajstić information content (AvgIpc) is 2.30. The van der Waals surface area contributed by atoms with Crippen molar-refractivity contribution >= 4 is 0 Å². The van der Waals surface area contributed by atoms with Gasteiger partial charge in [-0.2, -0.15) is 0 Å². The quantitative estimate of drug-likeness (QED) is 0.716. The molecule has 0 aliphatic rings. The lowest BCUT2D eigenvalue weighted by molar-refractivity contribution is 0.329. The maximum Gasteiger partial charge on any atom is 0.123 e. The van der Waals surface area contributed by atoms with E-state index in [1.54, 1.807) is 0 Å². The first kappa shape index (κ1) is 14.6. The predicted octanol–water partition coefficient (Wildman–Crippen LogP) is 4.34. The first-order valence-electron chi connectivity index (χ1n) is 6.65. The van der Waals surface area contributed by atoms with Crippen LogP contribution in [0.4, 0.5) is 0 Å². The molecule has 0 amide bonds. The van der Waals surface area contributed by atoms with Gasteiger partial charge in [-0.05, 0) is 42.9 Å². The van der Waals surface area contributed by atoms with Crippen LogP contribution in [0.3, 0.4) is 0 Å². The van der Waals surface area contributed by atoms with E-state index in [1.807, 2.05) is 13.8 Å². The Bertz CT molecular complexity index is 441. The minimum atomic E-state index is 0.108. The first-order valence-corrected chi connectivity index (χ1v) is 6.65. The molecular weight excluding hydrogens is 220 g/mol. The Morgan fingerprint density at radius 2 is 1.94 bits per heavy atom. The summed E-state index contributed by atoms with van der Waals surface area (Å²) in [7, 11) is 0. The predicted molar refractivity (Wildman–Crippen MR) is 78.1 cm³/mol. The van der Waals surface area contributed by atoms with Crippen molar-refractivity contribution in [3.63, 3.8) is 0 Å². The van der Waals surface area contributed by atoms with E-state index in [0.29, 0.717) is 6.61 Å². The lowest BCUT2D eigenvalue weighted by atomic mass is 9.85. The highest BCUT2D eigenvalue weighted by Gasteiger charge is 2.19. The molecular formula is C17H24O. The number of ether oxygens (including phenoxy) is 1. The average molecular weight is 244 g/mol. The van der Waals surface area contributed by atoms with E-state index in [-0.39, 0.29) is 5.41 Å². The third-order valence-corrected chi connectivity index (χ3v) is 2.87. The van der Waals surface area contributed by atoms with Gasteiger partial charge in [-0.25, -0.2) is 0 Å². The highest BCUT2D eigenvalue weighted by atomic mass is 16.5. The SMILES string of the molecule is CC#CCCc1ccc(OCC)c(C(C)(C)C)c1. The Morgan fingerprint density at radius 1 is 1.22 bits per heavy atom. The van der Waals surface area contributed by atoms with Crippen molar-refractivity contribution in [2.75, 3.05) is 6.61 Å². The zero-order valence-electron chi connectivity index (χ0n) is 12.3. The lowest BCUT2D eigenvalue weighted by Crippen LogP contribution is -2.14. The fourth-order valence-corrected chi connectivity index (χ4v) is 1.93. The number of rotatable bonds is 4. The highest BCUT2D eigenvalue weighted by Crippen LogP contribution is 2.32. The zero-order valence-corrected chi connectivity index (χ0v) is 12.3. The summed E-state index contributed by atoms with van der Waals surface area (Å²) in [6, 6.07) is 6.51. The van der Waals surface area contributed by atoms with Crippen molar-refractivity contribution in [1.29, 1.82) is 0 Å². The van der Waals surface area contributed by atoms with Crippen LogP contribution in [0, 0.1) is 11.8 Å². The van der Waals surface area contributed by atoms with Gasteiger partial charge in [0, 0.05) is 6.42 Å². The smallest absolute Gasteiger partial charge is 0.123 e. The summed E-state index contributed by atoms with van der Waals surface area (Å²) in [5.74, 6) is 7.06. The summed E-state index contributed by atoms with van der Waals surface area (Å²) < 4.78 is 5.72. The Kier molecular flexibility index (Phi) is 5.28. The summed E-state index contributed by atoms with van der Waals surface area (Å²) in [5, 5.41) is 0. The van der Waals surface area contributed by atoms with E-state index in [1.165, 1.54) is 11.1 Å². The number of aryl methyl sites for hydroxylation is 1. The normalized spacial score (nSPS) is 10.7. The van der Waals surface area contributed by atoms with Crippen molar-refractivity contribution in [1.82, 2.24) is 0 Å². The second-order valence-electron chi connectivity index (χ2n) is 5.44. The molecule has 0 fully saturated rings. The van der Waals surface area contributed by atoms with Crippen LogP contribution in [0.25, 0.3) is 0 Å². The van der Waals surface area contributed by atoms with Crippen LogP contribution in [0.2, 0.25) is 0 Å². The second kappa shape index (κ2) is 6.50. The lowest BCUT2D eigenvalue weighted by Gasteiger charge is -2.23. The Morgan fingerprint density at radius 3 is 2.50 bits per heavy atom. The minimum Gasteiger partial charge on any atom is -0.494 e. The molecule has 0 radical (unpaired) electrons. The Hall–Kier alpha value is -1.42. The topological polar surface area (TPSA) is 9.23 Å². The molecule has 1 rings (SSSR count). The molecule has 0 aliphatic carbocycles. The van der Waals surface area contributed by atoms with Crippen LogP contribution in [0.15, 0.2) is 18.2 Å². The molecule has 1 aromatic carbocycles. The summed E-state index contributed by atoms with van der Waals surface area (Å²) in [6.07, 6.45) is 1.93. The molecule has 0 heterocycles. The molecule has 0 unspecified atom stereocenters. The zero-order chi connectivity index (χ0) is 13.6. The molecule has 0 aromatic heterocycles. The summed E-state index contributed by atoms with van der Waals surface area (Å²) in [5.41, 5.74) is 2.73. The summed E-state index contributed by atoms with van der Waals surface area (Å²) >= 11 is 0. The van der Waals surface area contributed by atoms with E-state index in [4.69, 9.17) is 4.74 Å². The molecule has 0 bridgehead atoms. The van der Waals surface area contributed by atoms with Crippen LogP contribution in [0.5, 0.6) is 5.75 Å². The standard InChI is InChI=1S/C17H24O/c1-6-8-9-10-14-11-12-16(18-7-2)15(13-14)17(3,4)5/h11-13H,7,9-10H2,1-5H3. The van der Waals surface area contributed by atoms with E-state index in [0.717, 1.165) is 18.6 Å². The molecule has 0 aliphatic heterocycles. The van der Waals surface area contributed by atoms with Gasteiger partial charge >= 0.3 is 0 Å². The molecule has 1 heteroatoms. The fraction of sp³-hybridized carbons (Fsp3) is 0.529. The molecule has 0 spiro atoms. The van der Waals surface area contributed by atoms with Crippen molar-refractivity contribution < 1.29 is 4.74 Å². The van der Waals surface area contributed by atoms with Gasteiger partial charge < -0.3 is 4.74 Å². The summed E-state index contributed by atoms with van der Waals surface area (Å²) in [6.45, 7) is 11.3. The van der Waals surface area contributed by atoms with Crippen molar-refractivity contribution in [2.24, 2.45) is 0 Å². The summed E-state index contributed by atoms with van der Waals surface area (Å²) in [4.78, 5) is 0. The van der Waals surface area contributed by atoms with Crippen molar-refractivity contribution in [3.05, 3.63) is 29.3 Å². The van der Waals surface area contributed by atoms with E-state index in [9.17, 15) is 0 Å². The van der Waals surface area contributed by atoms with Gasteiger partial charge in [-0.1, -0.05) is 32.9 Å². The van der Waals surface area contributed by atoms with Gasteiger partial charge in [-0.3, -0.25) is 0 Å². The maximum absolute atomic E-state index is 5.72. The molecule has 1 nitrogen and oxygen atoms in total. The monoisotopic (exact) mass is 244 g/mol. The van der Waals surface area contributed by atoms with Gasteiger partial charge in [0.15, 0.2) is 0 Å². The maximum atomic E-state index is 5.72. The number of benzene rings is 1. The van der Waals surface area contributed by atoms with Gasteiger partial charge in [0.1, 0.15) is 5.75 Å².